The van der Waals surface area contributed by atoms with Crippen molar-refractivity contribution >= 4 is 11.7 Å². The summed E-state index contributed by atoms with van der Waals surface area (Å²) in [7, 11) is 2.92. The van der Waals surface area contributed by atoms with Crippen LogP contribution in [0.3, 0.4) is 0 Å². The number of carbonyl (C=O) groups is 1. The summed E-state index contributed by atoms with van der Waals surface area (Å²) in [4.78, 5) is 12.0. The van der Waals surface area contributed by atoms with Crippen molar-refractivity contribution in [3.63, 3.8) is 0 Å². The van der Waals surface area contributed by atoms with E-state index < -0.39 is 17.3 Å². The predicted octanol–water partition coefficient (Wildman–Crippen LogP) is 4.23. The lowest BCUT2D eigenvalue weighted by molar-refractivity contribution is -0.145. The van der Waals surface area contributed by atoms with Gasteiger partial charge in [-0.05, 0) is 42.2 Å². The van der Waals surface area contributed by atoms with Crippen LogP contribution in [0.5, 0.6) is 11.5 Å². The number of hydrogen-bond acceptors (Lipinski definition) is 6. The standard InChI is InChI=1S/C24H28FNO6/c1-29-18-12-20(22(25)21(13-18)30-2)19-6-3-16(11-15(19)14-32-17-4-5-17)26-24(23(27)28)7-9-31-10-8-24/h3,6,11-13,17,26H,4-5,7-10,14H2,1-2H3,(H,27,28). The summed E-state index contributed by atoms with van der Waals surface area (Å²) in [5.74, 6) is -0.846. The average molecular weight is 445 g/mol. The van der Waals surface area contributed by atoms with E-state index in [1.807, 2.05) is 6.07 Å². The topological polar surface area (TPSA) is 86.3 Å². The quantitative estimate of drug-likeness (QED) is 0.597. The molecule has 1 heterocycles. The molecule has 0 bridgehead atoms. The zero-order valence-electron chi connectivity index (χ0n) is 18.3. The summed E-state index contributed by atoms with van der Waals surface area (Å²) in [5.41, 5.74) is 1.27. The molecule has 2 aromatic carbocycles. The Balaban J connectivity index is 1.73. The Morgan fingerprint density at radius 2 is 1.91 bits per heavy atom. The molecule has 2 N–H and O–H groups in total. The Bertz CT molecular complexity index is 985. The highest BCUT2D eigenvalue weighted by molar-refractivity contribution is 5.83. The molecule has 1 aliphatic carbocycles. The number of halogens is 1. The molecule has 1 saturated carbocycles. The van der Waals surface area contributed by atoms with E-state index in [1.165, 1.54) is 20.3 Å². The maximum absolute atomic E-state index is 15.2. The van der Waals surface area contributed by atoms with Gasteiger partial charge in [0.2, 0.25) is 0 Å². The second kappa shape index (κ2) is 9.34. The second-order valence-corrected chi connectivity index (χ2v) is 8.20. The van der Waals surface area contributed by atoms with Gasteiger partial charge in [0, 0.05) is 43.4 Å². The largest absolute Gasteiger partial charge is 0.497 e. The molecular formula is C24H28FNO6. The number of ether oxygens (including phenoxy) is 4. The van der Waals surface area contributed by atoms with Crippen LogP contribution in [0, 0.1) is 5.82 Å². The summed E-state index contributed by atoms with van der Waals surface area (Å²) in [6.07, 6.45) is 2.96. The molecule has 0 amide bonds. The van der Waals surface area contributed by atoms with Crippen molar-refractivity contribution in [2.75, 3.05) is 32.8 Å². The molecule has 0 unspecified atom stereocenters. The van der Waals surface area contributed by atoms with Gasteiger partial charge in [0.25, 0.3) is 0 Å². The lowest BCUT2D eigenvalue weighted by Crippen LogP contribution is -2.50. The molecule has 0 aromatic heterocycles. The van der Waals surface area contributed by atoms with E-state index in [9.17, 15) is 9.90 Å². The predicted molar refractivity (Wildman–Crippen MR) is 117 cm³/mol. The minimum Gasteiger partial charge on any atom is -0.497 e. The SMILES string of the molecule is COc1cc(OC)c(F)c(-c2ccc(NC3(C(=O)O)CCOCC3)cc2COC2CC2)c1. The second-order valence-electron chi connectivity index (χ2n) is 8.20. The maximum Gasteiger partial charge on any atom is 0.329 e. The normalized spacial score (nSPS) is 17.6. The van der Waals surface area contributed by atoms with Gasteiger partial charge >= 0.3 is 5.97 Å². The van der Waals surface area contributed by atoms with Gasteiger partial charge in [0.1, 0.15) is 11.3 Å². The van der Waals surface area contributed by atoms with Gasteiger partial charge in [-0.2, -0.15) is 0 Å². The first kappa shape index (κ1) is 22.4. The monoisotopic (exact) mass is 445 g/mol. The van der Waals surface area contributed by atoms with Crippen molar-refractivity contribution in [1.29, 1.82) is 0 Å². The van der Waals surface area contributed by atoms with E-state index in [0.717, 1.165) is 18.4 Å². The van der Waals surface area contributed by atoms with Crippen LogP contribution in [0.2, 0.25) is 0 Å². The maximum atomic E-state index is 15.2. The van der Waals surface area contributed by atoms with Crippen molar-refractivity contribution in [1.82, 2.24) is 0 Å². The Hall–Kier alpha value is -2.84. The summed E-state index contributed by atoms with van der Waals surface area (Å²) < 4.78 is 37.0. The van der Waals surface area contributed by atoms with E-state index in [-0.39, 0.29) is 18.5 Å². The van der Waals surface area contributed by atoms with Crippen molar-refractivity contribution < 1.29 is 33.2 Å². The number of anilines is 1. The van der Waals surface area contributed by atoms with Crippen molar-refractivity contribution in [3.8, 4) is 22.6 Å². The van der Waals surface area contributed by atoms with Crippen LogP contribution >= 0.6 is 0 Å². The van der Waals surface area contributed by atoms with E-state index in [2.05, 4.69) is 5.32 Å². The van der Waals surface area contributed by atoms with Gasteiger partial charge in [-0.3, -0.25) is 0 Å². The molecule has 0 radical (unpaired) electrons. The van der Waals surface area contributed by atoms with Crippen LogP contribution in [-0.2, 0) is 20.9 Å². The summed E-state index contributed by atoms with van der Waals surface area (Å²) >= 11 is 0. The molecule has 7 nitrogen and oxygen atoms in total. The smallest absolute Gasteiger partial charge is 0.329 e. The Labute approximate surface area is 186 Å². The first-order valence-corrected chi connectivity index (χ1v) is 10.7. The Morgan fingerprint density at radius 1 is 1.16 bits per heavy atom. The molecule has 2 aliphatic rings. The number of methoxy groups -OCH3 is 2. The number of benzene rings is 2. The van der Waals surface area contributed by atoms with Crippen LogP contribution in [0.4, 0.5) is 10.1 Å². The van der Waals surface area contributed by atoms with Crippen LogP contribution in [0.25, 0.3) is 11.1 Å². The lowest BCUT2D eigenvalue weighted by atomic mass is 9.89. The molecule has 1 aliphatic heterocycles. The van der Waals surface area contributed by atoms with Crippen LogP contribution in [0.1, 0.15) is 31.2 Å². The number of aliphatic carboxylic acids is 1. The fourth-order valence-corrected chi connectivity index (χ4v) is 3.92. The molecule has 0 atom stereocenters. The highest BCUT2D eigenvalue weighted by Crippen LogP contribution is 2.38. The first-order valence-electron chi connectivity index (χ1n) is 10.7. The number of rotatable bonds is 9. The van der Waals surface area contributed by atoms with Crippen LogP contribution in [-0.4, -0.2) is 50.2 Å². The third-order valence-electron chi connectivity index (χ3n) is 6.00. The highest BCUT2D eigenvalue weighted by Gasteiger charge is 2.40. The fourth-order valence-electron chi connectivity index (χ4n) is 3.92. The zero-order valence-corrected chi connectivity index (χ0v) is 18.3. The van der Waals surface area contributed by atoms with Gasteiger partial charge in [0.05, 0.1) is 26.9 Å². The van der Waals surface area contributed by atoms with Gasteiger partial charge in [0.15, 0.2) is 11.6 Å². The third kappa shape index (κ3) is 4.66. The van der Waals surface area contributed by atoms with Gasteiger partial charge in [-0.15, -0.1) is 0 Å². The number of hydrogen-bond donors (Lipinski definition) is 2. The lowest BCUT2D eigenvalue weighted by Gasteiger charge is -2.35. The van der Waals surface area contributed by atoms with Crippen molar-refractivity contribution in [2.24, 2.45) is 0 Å². The average Bonchev–Trinajstić information content (AvgIpc) is 3.63. The number of carboxylic acids is 1. The molecular weight excluding hydrogens is 417 g/mol. The Morgan fingerprint density at radius 3 is 2.53 bits per heavy atom. The first-order chi connectivity index (χ1) is 15.5. The minimum atomic E-state index is -1.10. The summed E-state index contributed by atoms with van der Waals surface area (Å²) in [6.45, 7) is 1.05. The van der Waals surface area contributed by atoms with Gasteiger partial charge in [-0.25, -0.2) is 9.18 Å². The van der Waals surface area contributed by atoms with Gasteiger partial charge in [-0.1, -0.05) is 6.07 Å². The minimum absolute atomic E-state index is 0.0858. The Kier molecular flexibility index (Phi) is 6.53. The number of carboxylic acid groups (broad SMARTS) is 1. The van der Waals surface area contributed by atoms with E-state index in [0.29, 0.717) is 48.6 Å². The van der Waals surface area contributed by atoms with E-state index in [1.54, 1.807) is 18.2 Å². The van der Waals surface area contributed by atoms with Crippen LogP contribution in [0.15, 0.2) is 30.3 Å². The molecule has 32 heavy (non-hydrogen) atoms. The molecule has 2 aromatic rings. The molecule has 4 rings (SSSR count). The molecule has 0 spiro atoms. The molecule has 2 fully saturated rings. The zero-order chi connectivity index (χ0) is 22.7. The van der Waals surface area contributed by atoms with Crippen molar-refractivity contribution in [2.45, 2.75) is 43.9 Å². The molecule has 1 saturated heterocycles. The van der Waals surface area contributed by atoms with Crippen LogP contribution < -0.4 is 14.8 Å². The number of nitrogens with one attached hydrogen (secondary N) is 1. The fraction of sp³-hybridized carbons (Fsp3) is 0.458. The summed E-state index contributed by atoms with van der Waals surface area (Å²) in [5, 5.41) is 13.1. The van der Waals surface area contributed by atoms with Crippen molar-refractivity contribution in [3.05, 3.63) is 41.7 Å². The summed E-state index contributed by atoms with van der Waals surface area (Å²) in [6, 6.07) is 8.50. The molecule has 8 heteroatoms. The van der Waals surface area contributed by atoms with Gasteiger partial charge < -0.3 is 29.4 Å². The highest BCUT2D eigenvalue weighted by atomic mass is 19.1. The van der Waals surface area contributed by atoms with E-state index in [4.69, 9.17) is 18.9 Å². The molecule has 172 valence electrons. The van der Waals surface area contributed by atoms with E-state index >= 15 is 4.39 Å². The third-order valence-corrected chi connectivity index (χ3v) is 6.00.